The van der Waals surface area contributed by atoms with Crippen LogP contribution >= 0.6 is 0 Å². The number of fused-ring (bicyclic) bond motifs is 6. The lowest BCUT2D eigenvalue weighted by Gasteiger charge is -2.23. The van der Waals surface area contributed by atoms with Crippen molar-refractivity contribution in [3.05, 3.63) is 113 Å². The molecule has 0 bridgehead atoms. The third kappa shape index (κ3) is 4.36. The molecule has 10 heteroatoms. The highest BCUT2D eigenvalue weighted by Gasteiger charge is 2.37. The van der Waals surface area contributed by atoms with Crippen molar-refractivity contribution in [2.24, 2.45) is 0 Å². The van der Waals surface area contributed by atoms with E-state index in [2.05, 4.69) is 19.9 Å². The molecule has 0 amide bonds. The van der Waals surface area contributed by atoms with Crippen LogP contribution in [0.3, 0.4) is 0 Å². The molecular weight excluding hydrogens is 570 g/mol. The highest BCUT2D eigenvalue weighted by atomic mass is 16.5. The largest absolute Gasteiger partial charge is 0.486 e. The van der Waals surface area contributed by atoms with Crippen LogP contribution in [0.2, 0.25) is 0 Å². The fourth-order valence-corrected chi connectivity index (χ4v) is 6.62. The zero-order chi connectivity index (χ0) is 30.8. The topological polar surface area (TPSA) is 138 Å². The van der Waals surface area contributed by atoms with E-state index in [0.29, 0.717) is 51.0 Å². The van der Waals surface area contributed by atoms with Gasteiger partial charge in [0.25, 0.3) is 11.6 Å². The number of hydrogen-bond donors (Lipinski definition) is 2. The molecular formula is C35H27N5O5. The summed E-state index contributed by atoms with van der Waals surface area (Å²) in [4.78, 5) is 69.4. The Kier molecular flexibility index (Phi) is 6.21. The lowest BCUT2D eigenvalue weighted by molar-refractivity contribution is 0.0812. The Balaban J connectivity index is 1.04. The van der Waals surface area contributed by atoms with Gasteiger partial charge in [-0.25, -0.2) is 9.97 Å². The summed E-state index contributed by atoms with van der Waals surface area (Å²) in [5.74, 6) is -0.296. The van der Waals surface area contributed by atoms with Gasteiger partial charge in [0.05, 0.1) is 6.04 Å². The van der Waals surface area contributed by atoms with Crippen LogP contribution < -0.4 is 4.74 Å². The second kappa shape index (κ2) is 10.3. The number of ether oxygens (including phenoxy) is 1. The number of ketones is 4. The first kappa shape index (κ1) is 27.1. The number of nitrogens with zero attached hydrogens (tertiary/aromatic N) is 3. The molecule has 0 saturated carbocycles. The van der Waals surface area contributed by atoms with Crippen molar-refractivity contribution >= 4 is 23.1 Å². The fourth-order valence-electron chi connectivity index (χ4n) is 6.62. The molecule has 8 rings (SSSR count). The number of carbonyl (C=O) groups is 4. The van der Waals surface area contributed by atoms with Crippen molar-refractivity contribution in [2.45, 2.75) is 31.9 Å². The van der Waals surface area contributed by atoms with E-state index in [0.717, 1.165) is 25.1 Å². The lowest BCUT2D eigenvalue weighted by atomic mass is 9.86. The number of aromatic nitrogens is 4. The van der Waals surface area contributed by atoms with E-state index < -0.39 is 23.1 Å². The highest BCUT2D eigenvalue weighted by Crippen LogP contribution is 2.39. The standard InChI is InChI=1S/C35H27N5O5/c1-18(35-38-27-22-9-5-6-10-23(22)31(41)34(44)30(27)39-35)40-14-13-20(16-40)19-11-12-24-25(15-19)28-29(33(43)32(24)42)37-26(36-28)17-45-21-7-3-2-4-8-21/h2-12,15,18,20H,13-14,16-17H2,1H3,(H,36,37)(H,38,39). The number of rotatable bonds is 6. The summed E-state index contributed by atoms with van der Waals surface area (Å²) in [6, 6.07) is 21.9. The van der Waals surface area contributed by atoms with Crippen LogP contribution in [0.1, 0.15) is 84.2 Å². The number of hydrogen-bond acceptors (Lipinski definition) is 8. The van der Waals surface area contributed by atoms with Crippen molar-refractivity contribution in [2.75, 3.05) is 13.1 Å². The Labute approximate surface area is 257 Å². The monoisotopic (exact) mass is 597 g/mol. The molecule has 0 radical (unpaired) electrons. The molecule has 3 aromatic carbocycles. The summed E-state index contributed by atoms with van der Waals surface area (Å²) >= 11 is 0. The normalized spacial score (nSPS) is 17.9. The Morgan fingerprint density at radius 2 is 1.44 bits per heavy atom. The highest BCUT2D eigenvalue weighted by molar-refractivity contribution is 6.53. The molecule has 45 heavy (non-hydrogen) atoms. The quantitative estimate of drug-likeness (QED) is 0.250. The van der Waals surface area contributed by atoms with Gasteiger partial charge in [0, 0.05) is 28.8 Å². The van der Waals surface area contributed by atoms with Crippen molar-refractivity contribution in [3.8, 4) is 28.3 Å². The summed E-state index contributed by atoms with van der Waals surface area (Å²) in [5, 5.41) is 0. The van der Waals surface area contributed by atoms with Gasteiger partial charge in [-0.05, 0) is 55.6 Å². The van der Waals surface area contributed by atoms with Crippen LogP contribution in [0, 0.1) is 0 Å². The van der Waals surface area contributed by atoms with E-state index in [1.54, 1.807) is 18.2 Å². The first-order chi connectivity index (χ1) is 21.9. The number of nitrogens with one attached hydrogen (secondary N) is 2. The Hall–Kier alpha value is -5.48. The van der Waals surface area contributed by atoms with Crippen LogP contribution in [0.15, 0.2) is 72.8 Å². The predicted octanol–water partition coefficient (Wildman–Crippen LogP) is 5.35. The molecule has 2 atom stereocenters. The number of para-hydroxylation sites is 1. The van der Waals surface area contributed by atoms with Crippen LogP contribution in [-0.2, 0) is 6.61 Å². The van der Waals surface area contributed by atoms with E-state index in [9.17, 15) is 19.2 Å². The Morgan fingerprint density at radius 3 is 2.22 bits per heavy atom. The lowest BCUT2D eigenvalue weighted by Crippen LogP contribution is -2.25. The minimum absolute atomic E-state index is 0.127. The molecule has 1 saturated heterocycles. The number of Topliss-reactive ketones (excluding diaryl/α,β-unsaturated/α-hetero) is 4. The molecule has 5 aromatic rings. The van der Waals surface area contributed by atoms with E-state index in [4.69, 9.17) is 9.72 Å². The van der Waals surface area contributed by atoms with Crippen molar-refractivity contribution in [3.63, 3.8) is 0 Å². The number of carbonyl (C=O) groups excluding carboxylic acids is 4. The average molecular weight is 598 g/mol. The molecule has 1 fully saturated rings. The van der Waals surface area contributed by atoms with E-state index in [-0.39, 0.29) is 30.0 Å². The molecule has 0 spiro atoms. The molecule has 3 aliphatic rings. The van der Waals surface area contributed by atoms with E-state index in [1.165, 1.54) is 0 Å². The number of imidazole rings is 2. The Morgan fingerprint density at radius 1 is 0.778 bits per heavy atom. The molecule has 2 N–H and O–H groups in total. The van der Waals surface area contributed by atoms with Crippen LogP contribution in [0.25, 0.3) is 22.5 Å². The maximum absolute atomic E-state index is 13.0. The number of likely N-dealkylation sites (tertiary alicyclic amines) is 1. The number of benzene rings is 3. The van der Waals surface area contributed by atoms with Gasteiger partial charge >= 0.3 is 0 Å². The van der Waals surface area contributed by atoms with Gasteiger partial charge in [-0.3, -0.25) is 24.1 Å². The molecule has 3 heterocycles. The second-order valence-electron chi connectivity index (χ2n) is 11.7. The molecule has 10 nitrogen and oxygen atoms in total. The number of H-pyrrole nitrogens is 2. The van der Waals surface area contributed by atoms with Crippen molar-refractivity contribution in [1.82, 2.24) is 24.8 Å². The van der Waals surface area contributed by atoms with Gasteiger partial charge in [-0.15, -0.1) is 0 Å². The molecule has 2 aromatic heterocycles. The SMILES string of the molecule is CC(c1nc2c([nH]1)C(=O)C(=O)c1ccccc1-2)N1CCC(c2ccc3c(c2)-c2nc(COc4ccccc4)[nH]c2C(=O)C3=O)C1. The first-order valence-corrected chi connectivity index (χ1v) is 14.9. The third-order valence-corrected chi connectivity index (χ3v) is 9.07. The maximum atomic E-state index is 13.0. The van der Waals surface area contributed by atoms with Crippen LogP contribution in [0.4, 0.5) is 0 Å². The van der Waals surface area contributed by atoms with Crippen molar-refractivity contribution in [1.29, 1.82) is 0 Å². The zero-order valence-electron chi connectivity index (χ0n) is 24.3. The number of aromatic amines is 2. The zero-order valence-corrected chi connectivity index (χ0v) is 24.3. The Bertz CT molecular complexity index is 2060. The molecule has 222 valence electrons. The minimum Gasteiger partial charge on any atom is -0.486 e. The maximum Gasteiger partial charge on any atom is 0.251 e. The van der Waals surface area contributed by atoms with E-state index >= 15 is 0 Å². The van der Waals surface area contributed by atoms with Gasteiger partial charge in [-0.2, -0.15) is 0 Å². The molecule has 1 aliphatic heterocycles. The fraction of sp³-hybridized carbons (Fsp3) is 0.200. The summed E-state index contributed by atoms with van der Waals surface area (Å²) < 4.78 is 5.81. The van der Waals surface area contributed by atoms with Gasteiger partial charge in [-0.1, -0.05) is 48.5 Å². The summed E-state index contributed by atoms with van der Waals surface area (Å²) in [6.07, 6.45) is 0.875. The van der Waals surface area contributed by atoms with Crippen molar-refractivity contribution < 1.29 is 23.9 Å². The summed E-state index contributed by atoms with van der Waals surface area (Å²) in [6.45, 7) is 3.69. The summed E-state index contributed by atoms with van der Waals surface area (Å²) in [5.41, 5.74) is 4.50. The smallest absolute Gasteiger partial charge is 0.251 e. The van der Waals surface area contributed by atoms with Gasteiger partial charge < -0.3 is 14.7 Å². The van der Waals surface area contributed by atoms with E-state index in [1.807, 2.05) is 61.5 Å². The summed E-state index contributed by atoms with van der Waals surface area (Å²) in [7, 11) is 0. The van der Waals surface area contributed by atoms with Crippen LogP contribution in [0.5, 0.6) is 5.75 Å². The second-order valence-corrected chi connectivity index (χ2v) is 11.7. The minimum atomic E-state index is -0.603. The first-order valence-electron chi connectivity index (χ1n) is 14.9. The van der Waals surface area contributed by atoms with Gasteiger partial charge in [0.2, 0.25) is 11.6 Å². The molecule has 2 aliphatic carbocycles. The third-order valence-electron chi connectivity index (χ3n) is 9.07. The predicted molar refractivity (Wildman–Crippen MR) is 163 cm³/mol. The van der Waals surface area contributed by atoms with Gasteiger partial charge in [0.15, 0.2) is 0 Å². The van der Waals surface area contributed by atoms with Crippen LogP contribution in [-0.4, -0.2) is 61.1 Å². The average Bonchev–Trinajstić information content (AvgIpc) is 3.84. The molecule has 2 unspecified atom stereocenters. The van der Waals surface area contributed by atoms with Gasteiger partial charge in [0.1, 0.15) is 46.8 Å².